The molecular weight excluding hydrogens is 500 g/mol. The van der Waals surface area contributed by atoms with Gasteiger partial charge in [0.1, 0.15) is 11.6 Å². The molecule has 3 aromatic rings. The fourth-order valence-corrected chi connectivity index (χ4v) is 4.91. The first-order valence-electron chi connectivity index (χ1n) is 11.0. The van der Waals surface area contributed by atoms with E-state index in [1.807, 2.05) is 0 Å². The third kappa shape index (κ3) is 5.62. The molecule has 3 aromatic carbocycles. The van der Waals surface area contributed by atoms with E-state index in [1.165, 1.54) is 35.2 Å². The molecule has 190 valence electrons. The van der Waals surface area contributed by atoms with Gasteiger partial charge in [0, 0.05) is 24.3 Å². The van der Waals surface area contributed by atoms with Gasteiger partial charge in [0.2, 0.25) is 0 Å². The number of anilines is 1. The number of benzene rings is 3. The fraction of sp³-hybridized carbons (Fsp3) is 0.240. The van der Waals surface area contributed by atoms with Gasteiger partial charge in [-0.2, -0.15) is 13.2 Å². The normalized spacial score (nSPS) is 16.2. The lowest BCUT2D eigenvalue weighted by molar-refractivity contribution is -0.139. The van der Waals surface area contributed by atoms with Crippen LogP contribution in [-0.2, 0) is 34.1 Å². The fourth-order valence-electron chi connectivity index (χ4n) is 3.86. The first-order valence-corrected chi connectivity index (χ1v) is 12.5. The van der Waals surface area contributed by atoms with Crippen molar-refractivity contribution in [1.82, 2.24) is 4.90 Å². The van der Waals surface area contributed by atoms with Crippen molar-refractivity contribution >= 4 is 21.6 Å². The summed E-state index contributed by atoms with van der Waals surface area (Å²) in [6, 6.07) is 13.6. The number of sulfonamides is 1. The second kappa shape index (κ2) is 9.81. The Morgan fingerprint density at radius 1 is 1.06 bits per heavy atom. The Hall–Kier alpha value is -3.60. The summed E-state index contributed by atoms with van der Waals surface area (Å²) in [7, 11) is -4.02. The highest BCUT2D eigenvalue weighted by molar-refractivity contribution is 7.92. The monoisotopic (exact) mass is 522 g/mol. The molecule has 0 saturated carbocycles. The average molecular weight is 523 g/mol. The number of hydrogen-bond donors (Lipinski definition) is 1. The molecule has 1 N–H and O–H groups in total. The van der Waals surface area contributed by atoms with E-state index in [9.17, 15) is 30.8 Å². The number of alkyl halides is 3. The zero-order valence-corrected chi connectivity index (χ0v) is 19.9. The molecule has 11 heteroatoms. The van der Waals surface area contributed by atoms with Gasteiger partial charge in [-0.15, -0.1) is 0 Å². The lowest BCUT2D eigenvalue weighted by Gasteiger charge is -2.23. The van der Waals surface area contributed by atoms with Crippen molar-refractivity contribution in [2.45, 2.75) is 43.6 Å². The Morgan fingerprint density at radius 2 is 1.78 bits per heavy atom. The molecule has 1 aliphatic rings. The first-order chi connectivity index (χ1) is 17.0. The van der Waals surface area contributed by atoms with Crippen molar-refractivity contribution in [1.29, 1.82) is 0 Å². The highest BCUT2D eigenvalue weighted by Gasteiger charge is 2.32. The van der Waals surface area contributed by atoms with Gasteiger partial charge >= 0.3 is 6.18 Å². The quantitative estimate of drug-likeness (QED) is 0.443. The molecule has 36 heavy (non-hydrogen) atoms. The molecule has 0 radical (unpaired) electrons. The topological polar surface area (TPSA) is 75.7 Å². The van der Waals surface area contributed by atoms with Crippen LogP contribution in [0, 0.1) is 5.82 Å². The molecule has 4 rings (SSSR count). The van der Waals surface area contributed by atoms with Crippen LogP contribution < -0.4 is 9.46 Å². The second-order valence-corrected chi connectivity index (χ2v) is 9.97. The van der Waals surface area contributed by atoms with Crippen molar-refractivity contribution in [3.63, 3.8) is 0 Å². The Morgan fingerprint density at radius 3 is 2.44 bits per heavy atom. The van der Waals surface area contributed by atoms with E-state index in [1.54, 1.807) is 6.92 Å². The number of nitrogens with one attached hydrogen (secondary N) is 1. The van der Waals surface area contributed by atoms with Crippen molar-refractivity contribution in [3.8, 4) is 5.75 Å². The number of fused-ring (bicyclic) bond motifs is 1. The minimum Gasteiger partial charge on any atom is -0.480 e. The smallest absolute Gasteiger partial charge is 0.416 e. The van der Waals surface area contributed by atoms with Crippen LogP contribution in [-0.4, -0.2) is 25.3 Å². The number of halogens is 4. The molecule has 0 aliphatic carbocycles. The summed E-state index contributed by atoms with van der Waals surface area (Å²) >= 11 is 0. The maximum absolute atomic E-state index is 13.2. The third-order valence-corrected chi connectivity index (χ3v) is 7.05. The van der Waals surface area contributed by atoms with Gasteiger partial charge in [-0.1, -0.05) is 19.1 Å². The third-order valence-electron chi connectivity index (χ3n) is 5.65. The molecule has 1 amide bonds. The highest BCUT2D eigenvalue weighted by Crippen LogP contribution is 2.33. The highest BCUT2D eigenvalue weighted by atomic mass is 32.2. The number of carbonyl (C=O) groups is 1. The number of nitrogens with zero attached hydrogens (tertiary/aromatic N) is 1. The van der Waals surface area contributed by atoms with Gasteiger partial charge < -0.3 is 9.64 Å². The largest absolute Gasteiger partial charge is 0.480 e. The summed E-state index contributed by atoms with van der Waals surface area (Å²) in [5.41, 5.74) is 0.141. The lowest BCUT2D eigenvalue weighted by Crippen LogP contribution is -2.38. The van der Waals surface area contributed by atoms with Crippen molar-refractivity contribution in [2.24, 2.45) is 0 Å². The van der Waals surface area contributed by atoms with Crippen molar-refractivity contribution < 1.29 is 35.5 Å². The zero-order chi connectivity index (χ0) is 26.1. The van der Waals surface area contributed by atoms with Crippen LogP contribution in [0.1, 0.15) is 30.0 Å². The van der Waals surface area contributed by atoms with E-state index >= 15 is 0 Å². The Labute approximate surface area is 205 Å². The van der Waals surface area contributed by atoms with Gasteiger partial charge in [0.05, 0.1) is 10.5 Å². The predicted molar refractivity (Wildman–Crippen MR) is 124 cm³/mol. The van der Waals surface area contributed by atoms with Crippen LogP contribution in [0.4, 0.5) is 23.2 Å². The van der Waals surface area contributed by atoms with E-state index in [0.717, 1.165) is 36.4 Å². The molecule has 1 unspecified atom stereocenters. The van der Waals surface area contributed by atoms with Crippen LogP contribution in [0.25, 0.3) is 0 Å². The molecule has 0 bridgehead atoms. The molecule has 0 aromatic heterocycles. The molecule has 1 aliphatic heterocycles. The maximum Gasteiger partial charge on any atom is 0.416 e. The van der Waals surface area contributed by atoms with Crippen LogP contribution in [0.2, 0.25) is 0 Å². The van der Waals surface area contributed by atoms with E-state index in [-0.39, 0.29) is 29.6 Å². The minimum absolute atomic E-state index is 0.00692. The number of carbonyl (C=O) groups excluding carboxylic acids is 1. The standard InChI is InChI=1S/C25H22F4N2O4S/c1-2-22-24(32)31(14-16-4-3-5-18(12-16)25(27,28)29)15-17-13-20(8-11-23(17)35-22)30-36(33,34)21-9-6-19(26)7-10-21/h3-13,22,30H,2,14-15H2,1H3. The SMILES string of the molecule is CCC1Oc2ccc(NS(=O)(=O)c3ccc(F)cc3)cc2CN(Cc2cccc(C(F)(F)F)c2)C1=O. The van der Waals surface area contributed by atoms with Gasteiger partial charge in [-0.3, -0.25) is 9.52 Å². The van der Waals surface area contributed by atoms with Crippen LogP contribution >= 0.6 is 0 Å². The molecule has 0 saturated heterocycles. The molecule has 0 spiro atoms. The van der Waals surface area contributed by atoms with Gasteiger partial charge in [-0.25, -0.2) is 12.8 Å². The van der Waals surface area contributed by atoms with Gasteiger partial charge in [0.25, 0.3) is 15.9 Å². The van der Waals surface area contributed by atoms with E-state index < -0.39 is 33.7 Å². The predicted octanol–water partition coefficient (Wildman–Crippen LogP) is 5.35. The van der Waals surface area contributed by atoms with Crippen molar-refractivity contribution in [2.75, 3.05) is 4.72 Å². The Kier molecular flexibility index (Phi) is 6.94. The van der Waals surface area contributed by atoms with Gasteiger partial charge in [0.15, 0.2) is 6.10 Å². The van der Waals surface area contributed by atoms with E-state index in [0.29, 0.717) is 23.3 Å². The average Bonchev–Trinajstić information content (AvgIpc) is 2.95. The molecule has 1 atom stereocenters. The van der Waals surface area contributed by atoms with Crippen LogP contribution in [0.5, 0.6) is 5.75 Å². The summed E-state index contributed by atoms with van der Waals surface area (Å²) in [6.07, 6.45) is -5.04. The van der Waals surface area contributed by atoms with Crippen LogP contribution in [0.3, 0.4) is 0 Å². The minimum atomic E-state index is -4.52. The number of hydrogen-bond acceptors (Lipinski definition) is 4. The summed E-state index contributed by atoms with van der Waals surface area (Å²) in [5, 5.41) is 0. The Bertz CT molecular complexity index is 1380. The molecule has 1 heterocycles. The van der Waals surface area contributed by atoms with E-state index in [4.69, 9.17) is 4.74 Å². The number of rotatable bonds is 6. The van der Waals surface area contributed by atoms with Crippen molar-refractivity contribution in [3.05, 3.63) is 89.2 Å². The van der Waals surface area contributed by atoms with Gasteiger partial charge in [-0.05, 0) is 66.6 Å². The summed E-state index contributed by atoms with van der Waals surface area (Å²) in [5.74, 6) is -0.599. The molecule has 6 nitrogen and oxygen atoms in total. The van der Waals surface area contributed by atoms with Crippen LogP contribution in [0.15, 0.2) is 71.6 Å². The van der Waals surface area contributed by atoms with E-state index in [2.05, 4.69) is 4.72 Å². The number of amides is 1. The summed E-state index contributed by atoms with van der Waals surface area (Å²) in [4.78, 5) is 14.3. The molecule has 0 fully saturated rings. The summed E-state index contributed by atoms with van der Waals surface area (Å²) in [6.45, 7) is 1.65. The summed E-state index contributed by atoms with van der Waals surface area (Å²) < 4.78 is 86.3. The maximum atomic E-state index is 13.2. The zero-order valence-electron chi connectivity index (χ0n) is 19.0. The first kappa shape index (κ1) is 25.5. The second-order valence-electron chi connectivity index (χ2n) is 8.29. The lowest BCUT2D eigenvalue weighted by atomic mass is 10.1. The Balaban J connectivity index is 1.62. The molecular formula is C25H22F4N2O4S. The number of ether oxygens (including phenoxy) is 1.